The third-order valence-corrected chi connectivity index (χ3v) is 5.87. The van der Waals surface area contributed by atoms with Gasteiger partial charge in [0.05, 0.1) is 6.61 Å². The molecule has 3 rings (SSSR count). The van der Waals surface area contributed by atoms with Gasteiger partial charge in [0.25, 0.3) is 0 Å². The van der Waals surface area contributed by atoms with E-state index in [0.717, 1.165) is 36.3 Å². The summed E-state index contributed by atoms with van der Waals surface area (Å²) in [4.78, 5) is 0. The zero-order valence-electron chi connectivity index (χ0n) is 17.3. The summed E-state index contributed by atoms with van der Waals surface area (Å²) in [5.41, 5.74) is 3.35. The summed E-state index contributed by atoms with van der Waals surface area (Å²) in [6, 6.07) is 13.9. The summed E-state index contributed by atoms with van der Waals surface area (Å²) in [7, 11) is 0. The molecule has 151 valence electrons. The summed E-state index contributed by atoms with van der Waals surface area (Å²) in [5, 5.41) is 0. The zero-order valence-corrected chi connectivity index (χ0v) is 17.3. The molecule has 2 heteroatoms. The molecule has 0 amide bonds. The Morgan fingerprint density at radius 3 is 2.39 bits per heavy atom. The molecule has 2 aromatic carbocycles. The topological polar surface area (TPSA) is 9.23 Å². The van der Waals surface area contributed by atoms with Crippen LogP contribution in [0.15, 0.2) is 42.5 Å². The highest BCUT2D eigenvalue weighted by Crippen LogP contribution is 2.29. The predicted octanol–water partition coefficient (Wildman–Crippen LogP) is 7.78. The van der Waals surface area contributed by atoms with E-state index >= 15 is 0 Å². The van der Waals surface area contributed by atoms with Crippen LogP contribution in [0.4, 0.5) is 4.39 Å². The maximum Gasteiger partial charge on any atom is 0.165 e. The fraction of sp³-hybridized carbons (Fsp3) is 0.500. The van der Waals surface area contributed by atoms with E-state index in [1.807, 2.05) is 6.07 Å². The van der Waals surface area contributed by atoms with Gasteiger partial charge in [0.15, 0.2) is 11.6 Å². The van der Waals surface area contributed by atoms with E-state index in [9.17, 15) is 4.39 Å². The van der Waals surface area contributed by atoms with E-state index in [1.165, 1.54) is 50.5 Å². The minimum atomic E-state index is -0.272. The number of benzene rings is 2. The molecular weight excluding hydrogens is 347 g/mol. The second kappa shape index (κ2) is 11.2. The lowest BCUT2D eigenvalue weighted by molar-refractivity contribution is 0.290. The van der Waals surface area contributed by atoms with Gasteiger partial charge >= 0.3 is 0 Å². The van der Waals surface area contributed by atoms with Crippen LogP contribution in [0.1, 0.15) is 70.3 Å². The lowest BCUT2D eigenvalue weighted by atomic mass is 9.85. The molecule has 0 saturated heterocycles. The van der Waals surface area contributed by atoms with Crippen molar-refractivity contribution in [2.75, 3.05) is 6.61 Å². The van der Waals surface area contributed by atoms with Crippen molar-refractivity contribution in [1.29, 1.82) is 0 Å². The Morgan fingerprint density at radius 1 is 0.929 bits per heavy atom. The van der Waals surface area contributed by atoms with Crippen molar-refractivity contribution in [3.63, 3.8) is 0 Å². The minimum Gasteiger partial charge on any atom is -0.491 e. The second-order valence-electron chi connectivity index (χ2n) is 8.10. The van der Waals surface area contributed by atoms with Crippen molar-refractivity contribution in [2.45, 2.75) is 71.1 Å². The SMILES string of the molecule is CCCCCCOc1ccc(-c2ccc(CCC3CC[CH]CC3)cc2)cc1F. The maximum atomic E-state index is 14.4. The van der Waals surface area contributed by atoms with Gasteiger partial charge in [-0.15, -0.1) is 0 Å². The number of halogens is 1. The quantitative estimate of drug-likeness (QED) is 0.382. The van der Waals surface area contributed by atoms with Gasteiger partial charge in [-0.2, -0.15) is 0 Å². The fourth-order valence-corrected chi connectivity index (χ4v) is 4.03. The number of hydrogen-bond acceptors (Lipinski definition) is 1. The molecule has 0 spiro atoms. The summed E-state index contributed by atoms with van der Waals surface area (Å²) >= 11 is 0. The van der Waals surface area contributed by atoms with Crippen molar-refractivity contribution < 1.29 is 9.13 Å². The molecule has 0 aliphatic heterocycles. The van der Waals surface area contributed by atoms with E-state index in [0.29, 0.717) is 12.4 Å². The third kappa shape index (κ3) is 6.36. The van der Waals surface area contributed by atoms with E-state index in [4.69, 9.17) is 4.74 Å². The highest BCUT2D eigenvalue weighted by Gasteiger charge is 2.13. The van der Waals surface area contributed by atoms with Crippen LogP contribution >= 0.6 is 0 Å². The average molecular weight is 382 g/mol. The molecule has 28 heavy (non-hydrogen) atoms. The van der Waals surface area contributed by atoms with Gasteiger partial charge in [-0.1, -0.05) is 69.4 Å². The van der Waals surface area contributed by atoms with Crippen molar-refractivity contribution in [1.82, 2.24) is 0 Å². The van der Waals surface area contributed by atoms with Gasteiger partial charge in [0.1, 0.15) is 0 Å². The van der Waals surface area contributed by atoms with Gasteiger partial charge in [0.2, 0.25) is 0 Å². The number of hydrogen-bond donors (Lipinski definition) is 0. The predicted molar refractivity (Wildman–Crippen MR) is 116 cm³/mol. The van der Waals surface area contributed by atoms with Crippen LogP contribution in [0.25, 0.3) is 11.1 Å². The molecule has 1 aliphatic rings. The molecule has 0 N–H and O–H groups in total. The Kier molecular flexibility index (Phi) is 8.39. The molecule has 0 atom stereocenters. The second-order valence-corrected chi connectivity index (χ2v) is 8.10. The first-order valence-electron chi connectivity index (χ1n) is 11.1. The van der Waals surface area contributed by atoms with Gasteiger partial charge in [-0.25, -0.2) is 4.39 Å². The summed E-state index contributed by atoms with van der Waals surface area (Å²) < 4.78 is 20.0. The van der Waals surface area contributed by atoms with Gasteiger partial charge in [-0.05, 0) is 73.3 Å². The van der Waals surface area contributed by atoms with Crippen LogP contribution in [-0.2, 0) is 6.42 Å². The Morgan fingerprint density at radius 2 is 1.68 bits per heavy atom. The van der Waals surface area contributed by atoms with E-state index < -0.39 is 0 Å². The lowest BCUT2D eigenvalue weighted by Crippen LogP contribution is -2.07. The normalized spacial score (nSPS) is 14.9. The smallest absolute Gasteiger partial charge is 0.165 e. The molecule has 1 fully saturated rings. The van der Waals surface area contributed by atoms with E-state index in [-0.39, 0.29) is 5.82 Å². The average Bonchev–Trinajstić information content (AvgIpc) is 2.74. The first-order valence-corrected chi connectivity index (χ1v) is 11.1. The Bertz CT molecular complexity index is 701. The Labute approximate surface area is 170 Å². The molecular formula is C26H34FO. The van der Waals surface area contributed by atoms with Crippen LogP contribution in [-0.4, -0.2) is 6.61 Å². The van der Waals surface area contributed by atoms with E-state index in [2.05, 4.69) is 37.6 Å². The van der Waals surface area contributed by atoms with Crippen molar-refractivity contribution in [3.8, 4) is 16.9 Å². The van der Waals surface area contributed by atoms with Crippen LogP contribution in [0.3, 0.4) is 0 Å². The largest absolute Gasteiger partial charge is 0.491 e. The fourth-order valence-electron chi connectivity index (χ4n) is 4.03. The first-order chi connectivity index (χ1) is 13.8. The van der Waals surface area contributed by atoms with Crippen molar-refractivity contribution in [2.24, 2.45) is 5.92 Å². The third-order valence-electron chi connectivity index (χ3n) is 5.87. The lowest BCUT2D eigenvalue weighted by Gasteiger charge is -2.21. The van der Waals surface area contributed by atoms with Crippen LogP contribution in [0, 0.1) is 18.2 Å². The van der Waals surface area contributed by atoms with E-state index in [1.54, 1.807) is 12.1 Å². The van der Waals surface area contributed by atoms with Crippen LogP contribution in [0.2, 0.25) is 0 Å². The van der Waals surface area contributed by atoms with Gasteiger partial charge < -0.3 is 4.74 Å². The first kappa shape index (κ1) is 20.9. The highest BCUT2D eigenvalue weighted by atomic mass is 19.1. The number of aryl methyl sites for hydroxylation is 1. The minimum absolute atomic E-state index is 0.272. The van der Waals surface area contributed by atoms with Gasteiger partial charge in [0, 0.05) is 0 Å². The van der Waals surface area contributed by atoms with Crippen molar-refractivity contribution in [3.05, 3.63) is 60.3 Å². The molecule has 0 aromatic heterocycles. The summed E-state index contributed by atoms with van der Waals surface area (Å²) in [5.74, 6) is 0.973. The van der Waals surface area contributed by atoms with Crippen LogP contribution < -0.4 is 4.74 Å². The number of unbranched alkanes of at least 4 members (excludes halogenated alkanes) is 3. The van der Waals surface area contributed by atoms with Crippen LogP contribution in [0.5, 0.6) is 5.75 Å². The molecule has 0 unspecified atom stereocenters. The standard InChI is InChI=1S/C26H34FO/c1-2-3-4-8-19-28-26-18-17-24(20-25(26)27)23-15-13-22(14-16-23)12-11-21-9-6-5-7-10-21/h5,13-18,20-21H,2-4,6-12,19H2,1H3. The molecule has 0 heterocycles. The number of ether oxygens (including phenoxy) is 1. The zero-order chi connectivity index (χ0) is 19.6. The molecule has 1 aliphatic carbocycles. The molecule has 2 aromatic rings. The molecule has 1 radical (unpaired) electrons. The maximum absolute atomic E-state index is 14.4. The van der Waals surface area contributed by atoms with Gasteiger partial charge in [-0.3, -0.25) is 0 Å². The highest BCUT2D eigenvalue weighted by molar-refractivity contribution is 5.64. The molecule has 0 bridgehead atoms. The Balaban J connectivity index is 1.52. The molecule has 1 nitrogen and oxygen atoms in total. The van der Waals surface area contributed by atoms with Crippen molar-refractivity contribution >= 4 is 0 Å². The molecule has 1 saturated carbocycles. The summed E-state index contributed by atoms with van der Waals surface area (Å²) in [6.07, 6.45) is 14.7. The summed E-state index contributed by atoms with van der Waals surface area (Å²) in [6.45, 7) is 2.77. The Hall–Kier alpha value is -1.83. The monoisotopic (exact) mass is 381 g/mol. The number of rotatable bonds is 10.